The molecule has 2 heterocycles. The Balaban J connectivity index is 1.29. The van der Waals surface area contributed by atoms with E-state index in [1.165, 1.54) is 65.5 Å². The molecule has 0 spiro atoms. The average Bonchev–Trinajstić information content (AvgIpc) is 3.66. The van der Waals surface area contributed by atoms with Gasteiger partial charge in [0.15, 0.2) is 0 Å². The number of para-hydroxylation sites is 2. The van der Waals surface area contributed by atoms with Gasteiger partial charge in [-0.05, 0) is 70.4 Å². The minimum absolute atomic E-state index is 1.11. The van der Waals surface area contributed by atoms with E-state index in [4.69, 9.17) is 0 Å². The summed E-state index contributed by atoms with van der Waals surface area (Å²) in [5.74, 6) is 0. The summed E-state index contributed by atoms with van der Waals surface area (Å²) in [6.07, 6.45) is 23.0. The molecule has 2 nitrogen and oxygen atoms in total. The summed E-state index contributed by atoms with van der Waals surface area (Å²) in [6.45, 7) is 0. The number of hydrogen-bond donors (Lipinski definition) is 0. The van der Waals surface area contributed by atoms with Crippen LogP contribution in [0.25, 0.3) is 76.9 Å². The van der Waals surface area contributed by atoms with Gasteiger partial charge in [0.05, 0.1) is 22.1 Å². The quantitative estimate of drug-likeness (QED) is 0.188. The number of nitrogens with zero attached hydrogens (tertiary/aromatic N) is 2. The summed E-state index contributed by atoms with van der Waals surface area (Å²) in [7, 11) is 0. The highest BCUT2D eigenvalue weighted by molar-refractivity contribution is 6.29. The number of aromatic nitrogens is 2. The van der Waals surface area contributed by atoms with Crippen molar-refractivity contribution in [2.45, 2.75) is 0 Å². The van der Waals surface area contributed by atoms with Crippen LogP contribution in [0.5, 0.6) is 0 Å². The van der Waals surface area contributed by atoms with Crippen molar-refractivity contribution in [2.24, 2.45) is 0 Å². The van der Waals surface area contributed by atoms with Crippen LogP contribution >= 0.6 is 0 Å². The summed E-state index contributed by atoms with van der Waals surface area (Å²) < 4.78 is 4.81. The van der Waals surface area contributed by atoms with Crippen molar-refractivity contribution in [1.29, 1.82) is 0 Å². The van der Waals surface area contributed by atoms with E-state index in [9.17, 15) is 0 Å². The lowest BCUT2D eigenvalue weighted by atomic mass is 9.99. The predicted octanol–water partition coefficient (Wildman–Crippen LogP) is 12.3. The van der Waals surface area contributed by atoms with Crippen LogP contribution in [0.4, 0.5) is 0 Å². The van der Waals surface area contributed by atoms with Crippen LogP contribution in [-0.4, -0.2) is 9.13 Å². The highest BCUT2D eigenvalue weighted by Crippen LogP contribution is 2.42. The van der Waals surface area contributed by atoms with Crippen molar-refractivity contribution >= 4 is 60.1 Å². The average molecular weight is 613 g/mol. The SMILES string of the molecule is C1=C\C=C\C=C\C=C/C(n2c3ccccc3c3c4ccc5c(c4ccc32)c2ccccc2n5-c2ccc(-c3ccccc3)cc2)=C\C=C/1. The fourth-order valence-electron chi connectivity index (χ4n) is 7.29. The molecule has 48 heavy (non-hydrogen) atoms. The van der Waals surface area contributed by atoms with Crippen LogP contribution in [0, 0.1) is 0 Å². The maximum absolute atomic E-state index is 2.41. The fourth-order valence-corrected chi connectivity index (χ4v) is 7.29. The Hall–Kier alpha value is -6.38. The van der Waals surface area contributed by atoms with E-state index in [0.29, 0.717) is 0 Å². The highest BCUT2D eigenvalue weighted by Gasteiger charge is 2.19. The number of rotatable bonds is 3. The molecule has 2 heteroatoms. The Morgan fingerprint density at radius 3 is 1.46 bits per heavy atom. The first-order valence-electron chi connectivity index (χ1n) is 16.5. The molecule has 0 saturated carbocycles. The largest absolute Gasteiger partial charge is 0.309 e. The topological polar surface area (TPSA) is 9.86 Å². The standard InChI is InChI=1S/C46H32N2/c1-2-4-6-11-19-35(20-12-7-5-3-1)47-41-23-15-13-21-39(41)45-37-30-32-44-46(38(37)29-31-43(45)47)40-22-14-16-24-42(40)48(44)36-27-25-34(26-28-36)33-17-9-8-10-18-33/h1-32H/b2-1+,3-1?,4-2?,5-3-,6-4+,7-5?,11-6?,12-7-,19-11-,20-12?,35-19?,35-20+. The maximum atomic E-state index is 2.41. The molecular weight excluding hydrogens is 581 g/mol. The van der Waals surface area contributed by atoms with Crippen molar-refractivity contribution in [2.75, 3.05) is 0 Å². The number of fused-ring (bicyclic) bond motifs is 9. The molecule has 0 aliphatic heterocycles. The van der Waals surface area contributed by atoms with Crippen molar-refractivity contribution < 1.29 is 0 Å². The second-order valence-electron chi connectivity index (χ2n) is 12.1. The first-order chi connectivity index (χ1) is 23.9. The van der Waals surface area contributed by atoms with Gasteiger partial charge in [0, 0.05) is 32.9 Å². The molecule has 0 atom stereocenters. The minimum atomic E-state index is 1.11. The Morgan fingerprint density at radius 1 is 0.312 bits per heavy atom. The maximum Gasteiger partial charge on any atom is 0.0547 e. The van der Waals surface area contributed by atoms with E-state index in [2.05, 4.69) is 185 Å². The molecule has 0 saturated heterocycles. The molecule has 9 rings (SSSR count). The van der Waals surface area contributed by atoms with E-state index in [1.807, 2.05) is 18.2 Å². The second-order valence-corrected chi connectivity index (χ2v) is 12.1. The lowest BCUT2D eigenvalue weighted by Crippen LogP contribution is -1.95. The van der Waals surface area contributed by atoms with Gasteiger partial charge in [-0.25, -0.2) is 0 Å². The molecule has 8 aromatic rings. The van der Waals surface area contributed by atoms with Crippen molar-refractivity contribution in [1.82, 2.24) is 9.13 Å². The first-order valence-corrected chi connectivity index (χ1v) is 16.5. The van der Waals surface area contributed by atoms with Crippen molar-refractivity contribution in [3.8, 4) is 16.8 Å². The summed E-state index contributed by atoms with van der Waals surface area (Å²) in [4.78, 5) is 0. The van der Waals surface area contributed by atoms with Crippen LogP contribution in [0.2, 0.25) is 0 Å². The number of allylic oxidation sites excluding steroid dienone is 12. The van der Waals surface area contributed by atoms with Crippen molar-refractivity contribution in [3.63, 3.8) is 0 Å². The Bertz CT molecular complexity index is 2690. The monoisotopic (exact) mass is 612 g/mol. The third-order valence-electron chi connectivity index (χ3n) is 9.38. The smallest absolute Gasteiger partial charge is 0.0547 e. The molecule has 1 aliphatic carbocycles. The molecule has 226 valence electrons. The minimum Gasteiger partial charge on any atom is -0.309 e. The molecule has 0 N–H and O–H groups in total. The first kappa shape index (κ1) is 27.9. The summed E-state index contributed by atoms with van der Waals surface area (Å²) >= 11 is 0. The van der Waals surface area contributed by atoms with E-state index >= 15 is 0 Å². The van der Waals surface area contributed by atoms with Gasteiger partial charge in [-0.3, -0.25) is 0 Å². The van der Waals surface area contributed by atoms with Gasteiger partial charge >= 0.3 is 0 Å². The van der Waals surface area contributed by atoms with Crippen LogP contribution in [0.1, 0.15) is 0 Å². The Labute approximate surface area is 279 Å². The molecule has 2 aromatic heterocycles. The molecule has 0 bridgehead atoms. The van der Waals surface area contributed by atoms with Gasteiger partial charge in [-0.15, -0.1) is 0 Å². The zero-order valence-electron chi connectivity index (χ0n) is 26.4. The zero-order valence-corrected chi connectivity index (χ0v) is 26.4. The van der Waals surface area contributed by atoms with Gasteiger partial charge in [-0.2, -0.15) is 0 Å². The third kappa shape index (κ3) is 4.58. The third-order valence-corrected chi connectivity index (χ3v) is 9.38. The van der Waals surface area contributed by atoms with Gasteiger partial charge in [-0.1, -0.05) is 146 Å². The lowest BCUT2D eigenvalue weighted by molar-refractivity contribution is 1.18. The summed E-state index contributed by atoms with van der Waals surface area (Å²) in [5, 5.41) is 7.60. The van der Waals surface area contributed by atoms with Crippen LogP contribution in [0.3, 0.4) is 0 Å². The van der Waals surface area contributed by atoms with Crippen LogP contribution in [-0.2, 0) is 0 Å². The van der Waals surface area contributed by atoms with Gasteiger partial charge in [0.25, 0.3) is 0 Å². The number of benzene rings is 6. The van der Waals surface area contributed by atoms with E-state index in [-0.39, 0.29) is 0 Å². The molecule has 6 aromatic carbocycles. The van der Waals surface area contributed by atoms with E-state index in [0.717, 1.165) is 11.4 Å². The molecule has 1 aliphatic rings. The van der Waals surface area contributed by atoms with Crippen LogP contribution in [0.15, 0.2) is 194 Å². The molecular formula is C46H32N2. The highest BCUT2D eigenvalue weighted by atomic mass is 15.0. The van der Waals surface area contributed by atoms with E-state index < -0.39 is 0 Å². The summed E-state index contributed by atoms with van der Waals surface area (Å²) in [5.41, 5.74) is 9.52. The predicted molar refractivity (Wildman–Crippen MR) is 207 cm³/mol. The van der Waals surface area contributed by atoms with Gasteiger partial charge < -0.3 is 9.13 Å². The lowest BCUT2D eigenvalue weighted by Gasteiger charge is -2.11. The Kier molecular flexibility index (Phi) is 6.84. The molecule has 0 unspecified atom stereocenters. The summed E-state index contributed by atoms with van der Waals surface area (Å²) in [6, 6.07) is 46.4. The van der Waals surface area contributed by atoms with Crippen molar-refractivity contribution in [3.05, 3.63) is 194 Å². The second kappa shape index (κ2) is 11.8. The molecule has 0 radical (unpaired) electrons. The fraction of sp³-hybridized carbons (Fsp3) is 0. The normalized spacial score (nSPS) is 18.0. The molecule has 0 amide bonds. The Morgan fingerprint density at radius 2 is 0.812 bits per heavy atom. The zero-order chi connectivity index (χ0) is 31.9. The van der Waals surface area contributed by atoms with Gasteiger partial charge in [0.1, 0.15) is 0 Å². The van der Waals surface area contributed by atoms with Gasteiger partial charge in [0.2, 0.25) is 0 Å². The number of hydrogen-bond acceptors (Lipinski definition) is 0. The van der Waals surface area contributed by atoms with Crippen LogP contribution < -0.4 is 0 Å². The molecule has 0 fully saturated rings. The van der Waals surface area contributed by atoms with E-state index in [1.54, 1.807) is 0 Å².